The summed E-state index contributed by atoms with van der Waals surface area (Å²) in [7, 11) is 0. The van der Waals surface area contributed by atoms with Crippen LogP contribution in [0.25, 0.3) is 0 Å². The molecule has 0 bridgehead atoms. The molecule has 1 N–H and O–H groups in total. The third-order valence-electron chi connectivity index (χ3n) is 2.62. The van der Waals surface area contributed by atoms with E-state index in [1.165, 1.54) is 18.5 Å². The fraction of sp³-hybridized carbons (Fsp3) is 0.154. The lowest BCUT2D eigenvalue weighted by Crippen LogP contribution is -2.08. The van der Waals surface area contributed by atoms with Crippen LogP contribution in [0, 0.1) is 5.82 Å². The molecule has 1 unspecified atom stereocenters. The van der Waals surface area contributed by atoms with Gasteiger partial charge in [-0.05, 0) is 18.2 Å². The van der Waals surface area contributed by atoms with Crippen LogP contribution >= 0.6 is 0 Å². The molecule has 19 heavy (non-hydrogen) atoms. The number of benzene rings is 1. The first-order chi connectivity index (χ1) is 8.89. The number of rotatable bonds is 2. The number of aromatic nitrogens is 1. The van der Waals surface area contributed by atoms with Crippen molar-refractivity contribution in [3.05, 3.63) is 65.2 Å². The molecule has 1 aromatic carbocycles. The van der Waals surface area contributed by atoms with Crippen molar-refractivity contribution in [1.82, 2.24) is 4.98 Å². The van der Waals surface area contributed by atoms with E-state index in [1.54, 1.807) is 6.07 Å². The highest BCUT2D eigenvalue weighted by Crippen LogP contribution is 2.32. The van der Waals surface area contributed by atoms with E-state index >= 15 is 0 Å². The highest BCUT2D eigenvalue weighted by atomic mass is 19.4. The minimum Gasteiger partial charge on any atom is -0.383 e. The van der Waals surface area contributed by atoms with Crippen LogP contribution in [0.15, 0.2) is 42.7 Å². The van der Waals surface area contributed by atoms with Gasteiger partial charge < -0.3 is 5.11 Å². The summed E-state index contributed by atoms with van der Waals surface area (Å²) in [6.45, 7) is 0. The standard InChI is InChI=1S/C13H9F4NO/c14-11-6-9(13(15,16)17)3-4-10(11)12(19)8-2-1-5-18-7-8/h1-7,12,19H. The number of aliphatic hydroxyl groups excluding tert-OH is 1. The van der Waals surface area contributed by atoms with Crippen molar-refractivity contribution in [2.75, 3.05) is 0 Å². The van der Waals surface area contributed by atoms with Crippen LogP contribution in [0.3, 0.4) is 0 Å². The summed E-state index contributed by atoms with van der Waals surface area (Å²) in [4.78, 5) is 3.76. The molecule has 0 aliphatic heterocycles. The van der Waals surface area contributed by atoms with E-state index in [9.17, 15) is 22.7 Å². The zero-order chi connectivity index (χ0) is 14.0. The van der Waals surface area contributed by atoms with Crippen LogP contribution in [0.5, 0.6) is 0 Å². The van der Waals surface area contributed by atoms with E-state index in [2.05, 4.69) is 4.98 Å². The van der Waals surface area contributed by atoms with Gasteiger partial charge in [-0.1, -0.05) is 12.1 Å². The Kier molecular flexibility index (Phi) is 3.53. The Balaban J connectivity index is 2.37. The minimum absolute atomic E-state index is 0.221. The summed E-state index contributed by atoms with van der Waals surface area (Å²) >= 11 is 0. The van der Waals surface area contributed by atoms with E-state index in [1.807, 2.05) is 0 Å². The van der Waals surface area contributed by atoms with Crippen LogP contribution in [-0.4, -0.2) is 10.1 Å². The summed E-state index contributed by atoms with van der Waals surface area (Å²) in [6, 6.07) is 5.08. The molecule has 0 radical (unpaired) electrons. The maximum Gasteiger partial charge on any atom is 0.416 e. The first-order valence-corrected chi connectivity index (χ1v) is 5.34. The zero-order valence-electron chi connectivity index (χ0n) is 9.53. The summed E-state index contributed by atoms with van der Waals surface area (Å²) < 4.78 is 50.8. The topological polar surface area (TPSA) is 33.1 Å². The summed E-state index contributed by atoms with van der Waals surface area (Å²) in [5.74, 6) is -1.11. The zero-order valence-corrected chi connectivity index (χ0v) is 9.53. The van der Waals surface area contributed by atoms with Gasteiger partial charge in [0.2, 0.25) is 0 Å². The molecule has 100 valence electrons. The Morgan fingerprint density at radius 3 is 2.42 bits per heavy atom. The quantitative estimate of drug-likeness (QED) is 0.850. The van der Waals surface area contributed by atoms with Gasteiger partial charge in [-0.15, -0.1) is 0 Å². The van der Waals surface area contributed by atoms with E-state index in [-0.39, 0.29) is 5.56 Å². The molecule has 0 saturated carbocycles. The van der Waals surface area contributed by atoms with Gasteiger partial charge in [-0.25, -0.2) is 4.39 Å². The highest BCUT2D eigenvalue weighted by Gasteiger charge is 2.31. The van der Waals surface area contributed by atoms with Crippen LogP contribution in [-0.2, 0) is 6.18 Å². The van der Waals surface area contributed by atoms with Crippen molar-refractivity contribution >= 4 is 0 Å². The van der Waals surface area contributed by atoms with Gasteiger partial charge >= 0.3 is 6.18 Å². The molecule has 0 fully saturated rings. The molecule has 2 nitrogen and oxygen atoms in total. The summed E-state index contributed by atoms with van der Waals surface area (Å²) in [5, 5.41) is 9.91. The van der Waals surface area contributed by atoms with Crippen molar-refractivity contribution in [3.63, 3.8) is 0 Å². The van der Waals surface area contributed by atoms with E-state index in [4.69, 9.17) is 0 Å². The first-order valence-electron chi connectivity index (χ1n) is 5.34. The van der Waals surface area contributed by atoms with Gasteiger partial charge in [-0.3, -0.25) is 4.98 Å². The van der Waals surface area contributed by atoms with E-state index < -0.39 is 23.7 Å². The molecule has 0 aliphatic carbocycles. The maximum absolute atomic E-state index is 13.6. The Hall–Kier alpha value is -1.95. The monoisotopic (exact) mass is 271 g/mol. The SMILES string of the molecule is OC(c1cccnc1)c1ccc(C(F)(F)F)cc1F. The second kappa shape index (κ2) is 4.97. The Bertz CT molecular complexity index is 569. The number of halogens is 4. The fourth-order valence-electron chi connectivity index (χ4n) is 1.64. The Morgan fingerprint density at radius 2 is 1.89 bits per heavy atom. The Labute approximate surface area is 106 Å². The van der Waals surface area contributed by atoms with Gasteiger partial charge in [-0.2, -0.15) is 13.2 Å². The molecular weight excluding hydrogens is 262 g/mol. The second-order valence-corrected chi connectivity index (χ2v) is 3.92. The van der Waals surface area contributed by atoms with Gasteiger partial charge in [0.25, 0.3) is 0 Å². The number of alkyl halides is 3. The minimum atomic E-state index is -4.61. The lowest BCUT2D eigenvalue weighted by Gasteiger charge is -2.14. The normalized spacial score (nSPS) is 13.3. The van der Waals surface area contributed by atoms with Crippen molar-refractivity contribution in [3.8, 4) is 0 Å². The molecule has 2 rings (SSSR count). The largest absolute Gasteiger partial charge is 0.416 e. The van der Waals surface area contributed by atoms with Crippen molar-refractivity contribution in [2.24, 2.45) is 0 Å². The lowest BCUT2D eigenvalue weighted by atomic mass is 10.0. The predicted molar refractivity (Wildman–Crippen MR) is 59.7 cm³/mol. The fourth-order valence-corrected chi connectivity index (χ4v) is 1.64. The average molecular weight is 271 g/mol. The summed E-state index contributed by atoms with van der Waals surface area (Å²) in [5.41, 5.74) is -1.01. The highest BCUT2D eigenvalue weighted by molar-refractivity contribution is 5.32. The van der Waals surface area contributed by atoms with Gasteiger partial charge in [0.05, 0.1) is 5.56 Å². The average Bonchev–Trinajstić information content (AvgIpc) is 2.38. The molecule has 0 amide bonds. The molecule has 0 saturated heterocycles. The molecule has 0 spiro atoms. The molecule has 1 aromatic heterocycles. The predicted octanol–water partition coefficient (Wildman–Crippen LogP) is 3.32. The molecule has 6 heteroatoms. The second-order valence-electron chi connectivity index (χ2n) is 3.92. The van der Waals surface area contributed by atoms with Crippen LogP contribution < -0.4 is 0 Å². The maximum atomic E-state index is 13.6. The van der Waals surface area contributed by atoms with Crippen LogP contribution in [0.2, 0.25) is 0 Å². The molecule has 2 aromatic rings. The van der Waals surface area contributed by atoms with Gasteiger partial charge in [0.15, 0.2) is 0 Å². The van der Waals surface area contributed by atoms with E-state index in [0.29, 0.717) is 11.6 Å². The lowest BCUT2D eigenvalue weighted by molar-refractivity contribution is -0.137. The molecular formula is C13H9F4NO. The van der Waals surface area contributed by atoms with Crippen LogP contribution in [0.1, 0.15) is 22.8 Å². The third kappa shape index (κ3) is 2.90. The Morgan fingerprint density at radius 1 is 1.16 bits per heavy atom. The van der Waals surface area contributed by atoms with Crippen molar-refractivity contribution in [1.29, 1.82) is 0 Å². The number of hydrogen-bond acceptors (Lipinski definition) is 2. The van der Waals surface area contributed by atoms with Gasteiger partial charge in [0, 0.05) is 23.5 Å². The van der Waals surface area contributed by atoms with Gasteiger partial charge in [0.1, 0.15) is 11.9 Å². The number of pyridine rings is 1. The smallest absolute Gasteiger partial charge is 0.383 e. The van der Waals surface area contributed by atoms with Crippen molar-refractivity contribution in [2.45, 2.75) is 12.3 Å². The number of aliphatic hydroxyl groups is 1. The molecule has 0 aliphatic rings. The third-order valence-corrected chi connectivity index (χ3v) is 2.62. The number of nitrogens with zero attached hydrogens (tertiary/aromatic N) is 1. The van der Waals surface area contributed by atoms with Crippen LogP contribution in [0.4, 0.5) is 17.6 Å². The summed E-state index contributed by atoms with van der Waals surface area (Å²) in [6.07, 6.45) is -3.17. The first kappa shape index (κ1) is 13.5. The molecule has 1 heterocycles. The molecule has 1 atom stereocenters. The number of hydrogen-bond donors (Lipinski definition) is 1. The van der Waals surface area contributed by atoms with E-state index in [0.717, 1.165) is 12.1 Å². The van der Waals surface area contributed by atoms with Crippen molar-refractivity contribution < 1.29 is 22.7 Å².